The van der Waals surface area contributed by atoms with Gasteiger partial charge in [0, 0.05) is 25.7 Å². The highest BCUT2D eigenvalue weighted by molar-refractivity contribution is 7.20. The first-order valence-electron chi connectivity index (χ1n) is 7.11. The van der Waals surface area contributed by atoms with Gasteiger partial charge >= 0.3 is 5.69 Å². The third kappa shape index (κ3) is 2.76. The molecule has 3 aromatic rings. The van der Waals surface area contributed by atoms with Gasteiger partial charge in [-0.2, -0.15) is 0 Å². The predicted molar refractivity (Wildman–Crippen MR) is 94.9 cm³/mol. The number of benzene rings is 1. The zero-order valence-electron chi connectivity index (χ0n) is 13.0. The summed E-state index contributed by atoms with van der Waals surface area (Å²) < 4.78 is 2.40. The molecular formula is C16H14ClN3O3S. The molecule has 2 aromatic heterocycles. The third-order valence-corrected chi connectivity index (χ3v) is 5.33. The molecule has 0 bridgehead atoms. The monoisotopic (exact) mass is 363 g/mol. The van der Waals surface area contributed by atoms with Crippen LogP contribution in [0.5, 0.6) is 0 Å². The van der Waals surface area contributed by atoms with Crippen LogP contribution >= 0.6 is 22.9 Å². The molecule has 24 heavy (non-hydrogen) atoms. The number of hydrogen-bond donors (Lipinski definition) is 1. The molecule has 6 nitrogen and oxygen atoms in total. The fraction of sp³-hybridized carbons (Fsp3) is 0.188. The van der Waals surface area contributed by atoms with Crippen molar-refractivity contribution in [2.75, 3.05) is 0 Å². The Morgan fingerprint density at radius 1 is 1.21 bits per heavy atom. The van der Waals surface area contributed by atoms with Crippen LogP contribution in [-0.4, -0.2) is 15.0 Å². The topological polar surface area (TPSA) is 73.1 Å². The molecule has 1 amide bonds. The molecule has 0 unspecified atom stereocenters. The Labute approximate surface area is 145 Å². The van der Waals surface area contributed by atoms with Gasteiger partial charge in [0.1, 0.15) is 4.83 Å². The van der Waals surface area contributed by atoms with Crippen LogP contribution in [-0.2, 0) is 20.6 Å². The minimum Gasteiger partial charge on any atom is -0.347 e. The number of thiophene rings is 1. The van der Waals surface area contributed by atoms with Gasteiger partial charge in [-0.1, -0.05) is 29.8 Å². The van der Waals surface area contributed by atoms with E-state index in [2.05, 4.69) is 5.32 Å². The largest absolute Gasteiger partial charge is 0.347 e. The lowest BCUT2D eigenvalue weighted by atomic mass is 10.2. The molecule has 0 saturated carbocycles. The number of amides is 1. The summed E-state index contributed by atoms with van der Waals surface area (Å²) in [5.41, 5.74) is -0.0242. The molecule has 0 atom stereocenters. The van der Waals surface area contributed by atoms with Gasteiger partial charge < -0.3 is 5.32 Å². The van der Waals surface area contributed by atoms with Gasteiger partial charge in [0.2, 0.25) is 0 Å². The van der Waals surface area contributed by atoms with E-state index in [1.54, 1.807) is 13.1 Å². The van der Waals surface area contributed by atoms with E-state index in [4.69, 9.17) is 11.6 Å². The molecule has 3 rings (SSSR count). The van der Waals surface area contributed by atoms with E-state index in [9.17, 15) is 14.4 Å². The SMILES string of the molecule is Cn1c(=O)c2cc(C(=O)NCc3ccccc3Cl)sc2n(C)c1=O. The van der Waals surface area contributed by atoms with E-state index in [1.807, 2.05) is 18.2 Å². The highest BCUT2D eigenvalue weighted by atomic mass is 35.5. The third-order valence-electron chi connectivity index (χ3n) is 3.75. The summed E-state index contributed by atoms with van der Waals surface area (Å²) in [5.74, 6) is -0.314. The highest BCUT2D eigenvalue weighted by Gasteiger charge is 2.16. The average molecular weight is 364 g/mol. The molecule has 1 N–H and O–H groups in total. The fourth-order valence-corrected chi connectivity index (χ4v) is 3.60. The van der Waals surface area contributed by atoms with Crippen LogP contribution in [0.2, 0.25) is 5.02 Å². The Morgan fingerprint density at radius 3 is 2.62 bits per heavy atom. The molecular weight excluding hydrogens is 350 g/mol. The van der Waals surface area contributed by atoms with Crippen molar-refractivity contribution in [1.29, 1.82) is 0 Å². The number of nitrogens with one attached hydrogen (secondary N) is 1. The number of hydrogen-bond acceptors (Lipinski definition) is 4. The van der Waals surface area contributed by atoms with Crippen LogP contribution in [0.15, 0.2) is 39.9 Å². The Morgan fingerprint density at radius 2 is 1.92 bits per heavy atom. The van der Waals surface area contributed by atoms with E-state index in [0.717, 1.165) is 21.5 Å². The van der Waals surface area contributed by atoms with Gasteiger partial charge in [0.15, 0.2) is 0 Å². The summed E-state index contributed by atoms with van der Waals surface area (Å²) >= 11 is 7.18. The van der Waals surface area contributed by atoms with Crippen molar-refractivity contribution in [3.63, 3.8) is 0 Å². The maximum absolute atomic E-state index is 12.4. The minimum atomic E-state index is -0.419. The molecule has 0 spiro atoms. The summed E-state index contributed by atoms with van der Waals surface area (Å²) in [6, 6.07) is 8.75. The van der Waals surface area contributed by atoms with Gasteiger partial charge in [-0.15, -0.1) is 11.3 Å². The van der Waals surface area contributed by atoms with Crippen molar-refractivity contribution in [2.24, 2.45) is 14.1 Å². The first kappa shape index (κ1) is 16.5. The maximum Gasteiger partial charge on any atom is 0.331 e. The summed E-state index contributed by atoms with van der Waals surface area (Å²) in [5, 5.41) is 3.70. The van der Waals surface area contributed by atoms with Crippen LogP contribution in [0.1, 0.15) is 15.2 Å². The van der Waals surface area contributed by atoms with E-state index in [1.165, 1.54) is 17.7 Å². The van der Waals surface area contributed by atoms with Crippen molar-refractivity contribution in [2.45, 2.75) is 6.54 Å². The molecule has 8 heteroatoms. The standard InChI is InChI=1S/C16H14ClN3O3S/c1-19-14(22)10-7-12(24-15(10)20(2)16(19)23)13(21)18-8-9-5-3-4-6-11(9)17/h3-7H,8H2,1-2H3,(H,18,21). The van der Waals surface area contributed by atoms with Crippen LogP contribution in [0.3, 0.4) is 0 Å². The van der Waals surface area contributed by atoms with Crippen molar-refractivity contribution in [3.05, 3.63) is 66.6 Å². The number of carbonyl (C=O) groups excluding carboxylic acids is 1. The molecule has 0 fully saturated rings. The molecule has 1 aromatic carbocycles. The van der Waals surface area contributed by atoms with Crippen LogP contribution in [0, 0.1) is 0 Å². The number of halogens is 1. The second-order valence-corrected chi connectivity index (χ2v) is 6.75. The predicted octanol–water partition coefficient (Wildman–Crippen LogP) is 1.88. The molecule has 0 aliphatic carbocycles. The molecule has 124 valence electrons. The number of carbonyl (C=O) groups is 1. The second kappa shape index (κ2) is 6.26. The van der Waals surface area contributed by atoms with Gasteiger partial charge in [0.05, 0.1) is 10.3 Å². The first-order chi connectivity index (χ1) is 11.4. The van der Waals surface area contributed by atoms with Crippen molar-refractivity contribution in [1.82, 2.24) is 14.5 Å². The van der Waals surface area contributed by atoms with Crippen molar-refractivity contribution >= 4 is 39.1 Å². The second-order valence-electron chi connectivity index (χ2n) is 5.31. The van der Waals surface area contributed by atoms with Crippen molar-refractivity contribution < 1.29 is 4.79 Å². The first-order valence-corrected chi connectivity index (χ1v) is 8.30. The number of nitrogens with zero attached hydrogens (tertiary/aromatic N) is 2. The van der Waals surface area contributed by atoms with Crippen LogP contribution in [0.4, 0.5) is 0 Å². The van der Waals surface area contributed by atoms with Crippen LogP contribution < -0.4 is 16.6 Å². The van der Waals surface area contributed by atoms with Gasteiger partial charge in [-0.3, -0.25) is 18.7 Å². The lowest BCUT2D eigenvalue weighted by molar-refractivity contribution is 0.0955. The van der Waals surface area contributed by atoms with E-state index in [0.29, 0.717) is 20.1 Å². The van der Waals surface area contributed by atoms with E-state index in [-0.39, 0.29) is 12.5 Å². The quantitative estimate of drug-likeness (QED) is 0.772. The Hall–Kier alpha value is -2.38. The number of rotatable bonds is 3. The summed E-state index contributed by atoms with van der Waals surface area (Å²) in [6.07, 6.45) is 0. The average Bonchev–Trinajstić information content (AvgIpc) is 3.03. The number of fused-ring (bicyclic) bond motifs is 1. The van der Waals surface area contributed by atoms with E-state index < -0.39 is 11.2 Å². The molecule has 0 radical (unpaired) electrons. The van der Waals surface area contributed by atoms with Gasteiger partial charge in [-0.25, -0.2) is 4.79 Å². The van der Waals surface area contributed by atoms with Gasteiger partial charge in [-0.05, 0) is 17.7 Å². The van der Waals surface area contributed by atoms with Crippen molar-refractivity contribution in [3.8, 4) is 0 Å². The summed E-state index contributed by atoms with van der Waals surface area (Å²) in [6.45, 7) is 0.281. The maximum atomic E-state index is 12.4. The molecule has 0 aliphatic rings. The summed E-state index contributed by atoms with van der Waals surface area (Å²) in [4.78, 5) is 37.3. The Bertz CT molecular complexity index is 1060. The summed E-state index contributed by atoms with van der Waals surface area (Å²) in [7, 11) is 2.99. The number of aryl methyl sites for hydroxylation is 1. The Kier molecular flexibility index (Phi) is 4.29. The molecule has 0 aliphatic heterocycles. The number of aromatic nitrogens is 2. The highest BCUT2D eigenvalue weighted by Crippen LogP contribution is 2.22. The zero-order valence-corrected chi connectivity index (χ0v) is 14.6. The molecule has 2 heterocycles. The van der Waals surface area contributed by atoms with Gasteiger partial charge in [0.25, 0.3) is 11.5 Å². The smallest absolute Gasteiger partial charge is 0.331 e. The van der Waals surface area contributed by atoms with E-state index >= 15 is 0 Å². The minimum absolute atomic E-state index is 0.281. The zero-order chi connectivity index (χ0) is 17.4. The van der Waals surface area contributed by atoms with Crippen LogP contribution in [0.25, 0.3) is 10.2 Å². The molecule has 0 saturated heterocycles. The lowest BCUT2D eigenvalue weighted by Crippen LogP contribution is -2.36. The normalized spacial score (nSPS) is 11.0. The lowest BCUT2D eigenvalue weighted by Gasteiger charge is -2.05. The fourth-order valence-electron chi connectivity index (χ4n) is 2.38. The Balaban J connectivity index is 1.93.